The van der Waals surface area contributed by atoms with Crippen LogP contribution in [0.5, 0.6) is 17.2 Å². The number of fused-ring (bicyclic) bond motifs is 4. The van der Waals surface area contributed by atoms with E-state index in [0.717, 1.165) is 5.69 Å². The molecule has 0 fully saturated rings. The molecule has 5 rings (SSSR count). The van der Waals surface area contributed by atoms with Crippen LogP contribution in [0.15, 0.2) is 48.4 Å². The molecule has 0 amide bonds. The second-order valence-corrected chi connectivity index (χ2v) is 9.20. The Balaban J connectivity index is 1.76. The Morgan fingerprint density at radius 1 is 1.14 bits per heavy atom. The van der Waals surface area contributed by atoms with Gasteiger partial charge in [0.05, 0.1) is 28.2 Å². The van der Waals surface area contributed by atoms with Crippen LogP contribution in [0.2, 0.25) is 0 Å². The molecule has 0 spiro atoms. The lowest BCUT2D eigenvalue weighted by Gasteiger charge is -2.27. The molecule has 8 heteroatoms. The number of ether oxygens (including phenoxy) is 1. The minimum Gasteiger partial charge on any atom is -0.507 e. The van der Waals surface area contributed by atoms with Gasteiger partial charge in [-0.05, 0) is 32.9 Å². The van der Waals surface area contributed by atoms with Crippen LogP contribution in [0.1, 0.15) is 50.2 Å². The third-order valence-electron chi connectivity index (χ3n) is 6.66. The summed E-state index contributed by atoms with van der Waals surface area (Å²) in [5.74, 6) is -1.22. The third kappa shape index (κ3) is 3.02. The largest absolute Gasteiger partial charge is 0.507 e. The van der Waals surface area contributed by atoms with Gasteiger partial charge in [-0.2, -0.15) is 5.10 Å². The van der Waals surface area contributed by atoms with Crippen LogP contribution >= 0.6 is 0 Å². The fourth-order valence-electron chi connectivity index (χ4n) is 4.76. The van der Waals surface area contributed by atoms with Crippen molar-refractivity contribution in [2.24, 2.45) is 0 Å². The number of hydrogen-bond donors (Lipinski definition) is 2. The summed E-state index contributed by atoms with van der Waals surface area (Å²) >= 11 is 0. The first-order chi connectivity index (χ1) is 16.6. The highest BCUT2D eigenvalue weighted by atomic mass is 16.5. The monoisotopic (exact) mass is 471 g/mol. The van der Waals surface area contributed by atoms with E-state index in [-0.39, 0.29) is 45.5 Å². The molecular formula is C27H25N3O5. The molecule has 2 N–H and O–H groups in total. The van der Waals surface area contributed by atoms with E-state index in [1.807, 2.05) is 30.3 Å². The Hall–Kier alpha value is -4.33. The molecule has 0 saturated heterocycles. The number of aromatic nitrogens is 2. The first kappa shape index (κ1) is 22.5. The maximum absolute atomic E-state index is 14.0. The van der Waals surface area contributed by atoms with Gasteiger partial charge in [0.2, 0.25) is 0 Å². The second kappa shape index (κ2) is 7.59. The van der Waals surface area contributed by atoms with E-state index in [9.17, 15) is 19.8 Å². The number of hydrogen-bond acceptors (Lipinski definition) is 7. The Labute approximate surface area is 202 Å². The summed E-state index contributed by atoms with van der Waals surface area (Å²) in [5, 5.41) is 26.5. The molecule has 1 atom stereocenters. The highest BCUT2D eigenvalue weighted by molar-refractivity contribution is 6.16. The van der Waals surface area contributed by atoms with Gasteiger partial charge in [-0.15, -0.1) is 0 Å². The van der Waals surface area contributed by atoms with Crippen LogP contribution in [0, 0.1) is 13.8 Å². The number of ketones is 2. The van der Waals surface area contributed by atoms with E-state index < -0.39 is 11.2 Å². The summed E-state index contributed by atoms with van der Waals surface area (Å²) in [6, 6.07) is 9.42. The molecule has 1 aliphatic heterocycles. The lowest BCUT2D eigenvalue weighted by Crippen LogP contribution is -2.36. The number of benzene rings is 2. The molecule has 178 valence electrons. The van der Waals surface area contributed by atoms with Crippen molar-refractivity contribution in [1.29, 1.82) is 0 Å². The minimum absolute atomic E-state index is 0.0110. The lowest BCUT2D eigenvalue weighted by molar-refractivity contribution is 0.0905. The van der Waals surface area contributed by atoms with Crippen molar-refractivity contribution in [3.05, 3.63) is 82.0 Å². The van der Waals surface area contributed by atoms with E-state index in [4.69, 9.17) is 4.74 Å². The van der Waals surface area contributed by atoms with Gasteiger partial charge in [0.25, 0.3) is 0 Å². The van der Waals surface area contributed by atoms with Gasteiger partial charge in [0.1, 0.15) is 34.0 Å². The lowest BCUT2D eigenvalue weighted by atomic mass is 9.71. The van der Waals surface area contributed by atoms with E-state index >= 15 is 0 Å². The van der Waals surface area contributed by atoms with Gasteiger partial charge in [0, 0.05) is 38.0 Å². The van der Waals surface area contributed by atoms with E-state index in [1.165, 1.54) is 13.0 Å². The number of phenolic OH excluding ortho intramolecular Hbond substituents is 2. The maximum atomic E-state index is 14.0. The summed E-state index contributed by atoms with van der Waals surface area (Å²) in [5.41, 5.74) is 1.08. The zero-order chi connectivity index (χ0) is 25.2. The predicted molar refractivity (Wildman–Crippen MR) is 130 cm³/mol. The van der Waals surface area contributed by atoms with Gasteiger partial charge in [-0.3, -0.25) is 9.59 Å². The highest BCUT2D eigenvalue weighted by Crippen LogP contribution is 2.58. The predicted octanol–water partition coefficient (Wildman–Crippen LogP) is 4.05. The second-order valence-electron chi connectivity index (χ2n) is 9.20. The molecule has 0 radical (unpaired) electrons. The van der Waals surface area contributed by atoms with E-state index in [2.05, 4.69) is 5.10 Å². The molecule has 2 aromatic carbocycles. The molecule has 2 heterocycles. The van der Waals surface area contributed by atoms with Crippen LogP contribution in [0.25, 0.3) is 11.8 Å². The van der Waals surface area contributed by atoms with E-state index in [0.29, 0.717) is 17.0 Å². The number of nitrogens with zero attached hydrogens (tertiary/aromatic N) is 3. The number of aromatic hydroxyl groups is 2. The fraction of sp³-hybridized carbons (Fsp3) is 0.222. The summed E-state index contributed by atoms with van der Waals surface area (Å²) in [4.78, 5) is 28.8. The van der Waals surface area contributed by atoms with Crippen molar-refractivity contribution in [2.45, 2.75) is 26.2 Å². The van der Waals surface area contributed by atoms with Gasteiger partial charge < -0.3 is 19.8 Å². The zero-order valence-electron chi connectivity index (χ0n) is 20.1. The van der Waals surface area contributed by atoms with Crippen molar-refractivity contribution in [3.8, 4) is 22.9 Å². The normalized spacial score (nSPS) is 18.1. The summed E-state index contributed by atoms with van der Waals surface area (Å²) in [6.45, 7) is 4.92. The average Bonchev–Trinajstić information content (AvgIpc) is 3.31. The standard InChI is InChI=1S/C27H25N3O5/c1-14-23(32)21(18(31)11-12-29(4)5)25-22(24(14)33)27(3)19(35-25)13-17-20(26(27)34)15(2)28-30(17)16-9-7-6-8-10-16/h6-13,32-33H,1-5H3/t27-/m0/s1. The van der Waals surface area contributed by atoms with Crippen molar-refractivity contribution < 1.29 is 24.5 Å². The van der Waals surface area contributed by atoms with Crippen LogP contribution < -0.4 is 4.74 Å². The molecule has 0 bridgehead atoms. The fourth-order valence-corrected chi connectivity index (χ4v) is 4.76. The van der Waals surface area contributed by atoms with Crippen LogP contribution in [0.3, 0.4) is 0 Å². The first-order valence-electron chi connectivity index (χ1n) is 11.1. The Morgan fingerprint density at radius 3 is 2.49 bits per heavy atom. The van der Waals surface area contributed by atoms with Gasteiger partial charge in [-0.1, -0.05) is 18.2 Å². The Kier molecular flexibility index (Phi) is 4.87. The van der Waals surface area contributed by atoms with Crippen molar-refractivity contribution in [3.63, 3.8) is 0 Å². The van der Waals surface area contributed by atoms with Crippen molar-refractivity contribution in [1.82, 2.24) is 14.7 Å². The molecule has 35 heavy (non-hydrogen) atoms. The summed E-state index contributed by atoms with van der Waals surface area (Å²) < 4.78 is 7.80. The molecule has 0 saturated carbocycles. The van der Waals surface area contributed by atoms with Crippen LogP contribution in [-0.2, 0) is 5.41 Å². The molecular weight excluding hydrogens is 446 g/mol. The number of carbonyl (C=O) groups is 2. The molecule has 0 unspecified atom stereocenters. The van der Waals surface area contributed by atoms with Gasteiger partial charge in [0.15, 0.2) is 11.6 Å². The third-order valence-corrected chi connectivity index (χ3v) is 6.66. The minimum atomic E-state index is -1.39. The number of allylic oxidation sites excluding steroid dienone is 2. The number of rotatable bonds is 4. The quantitative estimate of drug-likeness (QED) is 0.437. The highest BCUT2D eigenvalue weighted by Gasteiger charge is 2.55. The van der Waals surface area contributed by atoms with Crippen molar-refractivity contribution >= 4 is 17.6 Å². The molecule has 1 aliphatic carbocycles. The number of phenols is 2. The van der Waals surface area contributed by atoms with Crippen LogP contribution in [0.4, 0.5) is 0 Å². The number of Topliss-reactive ketones (excluding diaryl/α,β-unsaturated/α-hetero) is 1. The zero-order valence-corrected chi connectivity index (χ0v) is 20.1. The smallest absolute Gasteiger partial charge is 0.194 e. The first-order valence-corrected chi connectivity index (χ1v) is 11.1. The molecule has 2 aliphatic rings. The topological polar surface area (TPSA) is 105 Å². The maximum Gasteiger partial charge on any atom is 0.194 e. The summed E-state index contributed by atoms with van der Waals surface area (Å²) in [7, 11) is 3.53. The SMILES string of the molecule is Cc1nn(-c2ccccc2)c2c1C(=O)[C@@]1(C)C(=C2)Oc2c(C(=O)C=CN(C)C)c(O)c(C)c(O)c21. The summed E-state index contributed by atoms with van der Waals surface area (Å²) in [6.07, 6.45) is 4.58. The Morgan fingerprint density at radius 2 is 1.83 bits per heavy atom. The molecule has 1 aromatic heterocycles. The van der Waals surface area contributed by atoms with Crippen molar-refractivity contribution in [2.75, 3.05) is 14.1 Å². The van der Waals surface area contributed by atoms with E-state index in [1.54, 1.807) is 49.8 Å². The number of aryl methyl sites for hydroxylation is 1. The number of carbonyl (C=O) groups excluding carboxylic acids is 2. The van der Waals surface area contributed by atoms with Crippen LogP contribution in [-0.4, -0.2) is 50.6 Å². The molecule has 3 aromatic rings. The van der Waals surface area contributed by atoms with Gasteiger partial charge in [-0.25, -0.2) is 4.68 Å². The average molecular weight is 472 g/mol. The molecule has 8 nitrogen and oxygen atoms in total. The number of para-hydroxylation sites is 1. The Bertz CT molecular complexity index is 1480. The van der Waals surface area contributed by atoms with Gasteiger partial charge >= 0.3 is 0 Å².